The van der Waals surface area contributed by atoms with Gasteiger partial charge in [0.15, 0.2) is 5.96 Å². The van der Waals surface area contributed by atoms with Crippen molar-refractivity contribution in [2.24, 2.45) is 28.1 Å². The maximum atomic E-state index is 14.1. The first kappa shape index (κ1) is 41.4. The van der Waals surface area contributed by atoms with Crippen LogP contribution in [0.1, 0.15) is 75.4 Å². The second-order valence-electron chi connectivity index (χ2n) is 14.4. The molecule has 2 atom stereocenters. The molecule has 0 radical (unpaired) electrons. The molecular weight excluding hydrogens is 707 g/mol. The normalized spacial score (nSPS) is 12.3. The van der Waals surface area contributed by atoms with E-state index in [0.29, 0.717) is 62.9 Å². The Hall–Kier alpha value is -5.76. The number of benzene rings is 3. The van der Waals surface area contributed by atoms with Gasteiger partial charge in [0.05, 0.1) is 25.0 Å². The molecule has 3 aromatic carbocycles. The standard InChI is InChI=1S/C42H57N11O3/c1-31(2)23-26-55-39-19-8-6-16-36(39)37-17-7-9-20-40(37)56-30-35-29-53(51-49-35)38(18-10-11-24-43)41(54)47-33(15-12-25-46-42(44)45)27-52-28-34(48-50-52)22-21-32-13-4-3-5-14-32/h3-9,13-14,16-17,19-20,28-29,31,33,38H,10-12,15,18,21-27,30,43H2,1-2H3,(H,47,54)(H4,44,45,46)/t33-,38-/m1/s1. The number of aryl methyl sites for hydroxylation is 2. The average molecular weight is 764 g/mol. The predicted octanol–water partition coefficient (Wildman–Crippen LogP) is 5.23. The van der Waals surface area contributed by atoms with E-state index in [1.807, 2.05) is 72.9 Å². The van der Waals surface area contributed by atoms with E-state index >= 15 is 0 Å². The summed E-state index contributed by atoms with van der Waals surface area (Å²) in [7, 11) is 0. The molecule has 14 nitrogen and oxygen atoms in total. The Morgan fingerprint density at radius 2 is 1.48 bits per heavy atom. The van der Waals surface area contributed by atoms with Crippen LogP contribution in [-0.2, 0) is 30.8 Å². The lowest BCUT2D eigenvalue weighted by atomic mass is 10.0. The smallest absolute Gasteiger partial charge is 0.245 e. The molecule has 0 saturated heterocycles. The number of rotatable bonds is 24. The van der Waals surface area contributed by atoms with Crippen LogP contribution in [0, 0.1) is 5.92 Å². The number of nitrogens with one attached hydrogen (secondary N) is 1. The number of nitrogens with zero attached hydrogens (tertiary/aromatic N) is 7. The van der Waals surface area contributed by atoms with Gasteiger partial charge in [0.2, 0.25) is 5.91 Å². The monoisotopic (exact) mass is 763 g/mol. The number of aliphatic imine (C=N–C) groups is 1. The minimum atomic E-state index is -0.609. The molecule has 0 aliphatic carbocycles. The number of aromatic nitrogens is 6. The second-order valence-corrected chi connectivity index (χ2v) is 14.4. The molecule has 0 saturated carbocycles. The van der Waals surface area contributed by atoms with Gasteiger partial charge in [-0.1, -0.05) is 91.0 Å². The largest absolute Gasteiger partial charge is 0.493 e. The van der Waals surface area contributed by atoms with Crippen LogP contribution < -0.4 is 32.0 Å². The molecule has 298 valence electrons. The van der Waals surface area contributed by atoms with E-state index in [4.69, 9.17) is 26.7 Å². The van der Waals surface area contributed by atoms with Crippen LogP contribution >= 0.6 is 0 Å². The third-order valence-electron chi connectivity index (χ3n) is 9.36. The lowest BCUT2D eigenvalue weighted by Gasteiger charge is -2.23. The van der Waals surface area contributed by atoms with Gasteiger partial charge in [-0.05, 0) is 81.5 Å². The summed E-state index contributed by atoms with van der Waals surface area (Å²) in [5, 5.41) is 20.8. The van der Waals surface area contributed by atoms with Crippen LogP contribution in [0.25, 0.3) is 11.1 Å². The molecule has 0 bridgehead atoms. The van der Waals surface area contributed by atoms with Crippen LogP contribution in [0.2, 0.25) is 0 Å². The van der Waals surface area contributed by atoms with Gasteiger partial charge in [0, 0.05) is 29.9 Å². The van der Waals surface area contributed by atoms with Crippen LogP contribution in [0.3, 0.4) is 0 Å². The third kappa shape index (κ3) is 13.2. The fourth-order valence-corrected chi connectivity index (χ4v) is 6.32. The highest BCUT2D eigenvalue weighted by Crippen LogP contribution is 2.36. The van der Waals surface area contributed by atoms with Gasteiger partial charge < -0.3 is 32.0 Å². The molecule has 7 N–H and O–H groups in total. The number of hydrogen-bond donors (Lipinski definition) is 4. The van der Waals surface area contributed by atoms with Crippen molar-refractivity contribution in [3.05, 3.63) is 108 Å². The Balaban J connectivity index is 1.27. The van der Waals surface area contributed by atoms with Crippen LogP contribution in [-0.4, -0.2) is 67.6 Å². The molecule has 0 unspecified atom stereocenters. The van der Waals surface area contributed by atoms with Crippen LogP contribution in [0.15, 0.2) is 96.2 Å². The highest BCUT2D eigenvalue weighted by Gasteiger charge is 2.25. The fraction of sp³-hybridized carbons (Fsp3) is 0.429. The van der Waals surface area contributed by atoms with Gasteiger partial charge in [-0.25, -0.2) is 4.68 Å². The quantitative estimate of drug-likeness (QED) is 0.0366. The number of unbranched alkanes of at least 4 members (excludes halogenated alkanes) is 1. The minimum absolute atomic E-state index is 0.0373. The second kappa shape index (κ2) is 22.0. The van der Waals surface area contributed by atoms with E-state index in [-0.39, 0.29) is 24.5 Å². The summed E-state index contributed by atoms with van der Waals surface area (Å²) in [6.07, 6.45) is 9.66. The number of guanidine groups is 1. The van der Waals surface area contributed by atoms with Crippen molar-refractivity contribution in [1.82, 2.24) is 35.3 Å². The Labute approximate surface area is 329 Å². The average Bonchev–Trinajstić information content (AvgIpc) is 3.86. The Morgan fingerprint density at radius 1 is 0.786 bits per heavy atom. The summed E-state index contributed by atoms with van der Waals surface area (Å²) in [4.78, 5) is 18.2. The maximum Gasteiger partial charge on any atom is 0.245 e. The van der Waals surface area contributed by atoms with Gasteiger partial charge in [-0.2, -0.15) is 0 Å². The fourth-order valence-electron chi connectivity index (χ4n) is 6.32. The topological polar surface area (TPSA) is 199 Å². The van der Waals surface area contributed by atoms with Crippen LogP contribution in [0.5, 0.6) is 11.5 Å². The zero-order valence-electron chi connectivity index (χ0n) is 32.7. The zero-order valence-corrected chi connectivity index (χ0v) is 32.7. The summed E-state index contributed by atoms with van der Waals surface area (Å²) in [5.41, 5.74) is 21.6. The maximum absolute atomic E-state index is 14.1. The van der Waals surface area contributed by atoms with E-state index in [9.17, 15) is 4.79 Å². The van der Waals surface area contributed by atoms with Crippen LogP contribution in [0.4, 0.5) is 0 Å². The Bertz CT molecular complexity index is 1940. The highest BCUT2D eigenvalue weighted by molar-refractivity contribution is 5.80. The molecule has 0 aliphatic heterocycles. The van der Waals surface area contributed by atoms with Gasteiger partial charge in [0.1, 0.15) is 29.8 Å². The van der Waals surface area contributed by atoms with E-state index in [1.165, 1.54) is 5.56 Å². The molecule has 0 spiro atoms. The van der Waals surface area contributed by atoms with Crippen molar-refractivity contribution in [3.8, 4) is 22.6 Å². The van der Waals surface area contributed by atoms with Gasteiger partial charge in [-0.15, -0.1) is 10.2 Å². The number of carbonyl (C=O) groups is 1. The number of nitrogens with two attached hydrogens (primary N) is 3. The molecule has 1 amide bonds. The summed E-state index contributed by atoms with van der Waals surface area (Å²) >= 11 is 0. The molecule has 5 aromatic rings. The van der Waals surface area contributed by atoms with E-state index < -0.39 is 6.04 Å². The first-order valence-corrected chi connectivity index (χ1v) is 19.6. The lowest BCUT2D eigenvalue weighted by Crippen LogP contribution is -2.42. The molecule has 0 fully saturated rings. The van der Waals surface area contributed by atoms with Crippen molar-refractivity contribution in [1.29, 1.82) is 0 Å². The lowest BCUT2D eigenvalue weighted by molar-refractivity contribution is -0.125. The summed E-state index contributed by atoms with van der Waals surface area (Å²) in [5.74, 6) is 1.91. The predicted molar refractivity (Wildman–Crippen MR) is 219 cm³/mol. The SMILES string of the molecule is CC(C)CCOc1ccccc1-c1ccccc1OCc1cn([C@H](CCCCN)C(=O)N[C@H](CCCN=C(N)N)Cn2cc(CCc3ccccc3)nn2)nn1. The molecule has 14 heteroatoms. The zero-order chi connectivity index (χ0) is 39.5. The Kier molecular flexibility index (Phi) is 16.2. The van der Waals surface area contributed by atoms with Gasteiger partial charge in [-0.3, -0.25) is 14.5 Å². The molecule has 56 heavy (non-hydrogen) atoms. The number of carbonyl (C=O) groups excluding carboxylic acids is 1. The number of ether oxygens (including phenoxy) is 2. The number of para-hydroxylation sites is 2. The molecule has 0 aliphatic rings. The first-order chi connectivity index (χ1) is 27.3. The molecule has 2 heterocycles. The highest BCUT2D eigenvalue weighted by atomic mass is 16.5. The van der Waals surface area contributed by atoms with E-state index in [1.54, 1.807) is 15.6 Å². The molecular formula is C42H57N11O3. The summed E-state index contributed by atoms with van der Waals surface area (Å²) < 4.78 is 15.9. The molecule has 5 rings (SSSR count). The minimum Gasteiger partial charge on any atom is -0.493 e. The molecule has 2 aromatic heterocycles. The number of hydrogen-bond acceptors (Lipinski definition) is 9. The summed E-state index contributed by atoms with van der Waals surface area (Å²) in [6, 6.07) is 25.3. The third-order valence-corrected chi connectivity index (χ3v) is 9.36. The van der Waals surface area contributed by atoms with Gasteiger partial charge in [0.25, 0.3) is 0 Å². The summed E-state index contributed by atoms with van der Waals surface area (Å²) in [6.45, 7) is 6.57. The van der Waals surface area contributed by atoms with Crippen molar-refractivity contribution in [2.75, 3.05) is 19.7 Å². The van der Waals surface area contributed by atoms with E-state index in [0.717, 1.165) is 54.7 Å². The van der Waals surface area contributed by atoms with Crippen molar-refractivity contribution in [3.63, 3.8) is 0 Å². The van der Waals surface area contributed by atoms with Crippen molar-refractivity contribution >= 4 is 11.9 Å². The number of amides is 1. The van der Waals surface area contributed by atoms with E-state index in [2.05, 4.69) is 56.9 Å². The van der Waals surface area contributed by atoms with Crippen molar-refractivity contribution in [2.45, 2.75) is 90.4 Å². The first-order valence-electron chi connectivity index (χ1n) is 19.6. The Morgan fingerprint density at radius 3 is 2.20 bits per heavy atom. The van der Waals surface area contributed by atoms with Crippen molar-refractivity contribution < 1.29 is 14.3 Å². The van der Waals surface area contributed by atoms with Gasteiger partial charge >= 0.3 is 0 Å².